The number of nitrogen functional groups attached to an aromatic ring is 1. The van der Waals surface area contributed by atoms with E-state index in [1.165, 1.54) is 25.3 Å². The highest BCUT2D eigenvalue weighted by Crippen LogP contribution is 2.32. The van der Waals surface area contributed by atoms with Gasteiger partial charge in [-0.05, 0) is 18.2 Å². The molecule has 100 valence electrons. The fourth-order valence-corrected chi connectivity index (χ4v) is 4.22. The average Bonchev–Trinajstić information content (AvgIpc) is 2.81. The SMILES string of the molecule is COC(=O)c1sc(S(=O)(=O)c2ccccc2)cc1N. The van der Waals surface area contributed by atoms with Gasteiger partial charge in [-0.1, -0.05) is 18.2 Å². The molecule has 2 rings (SSSR count). The minimum Gasteiger partial charge on any atom is -0.465 e. The second-order valence-corrected chi connectivity index (χ2v) is 6.89. The van der Waals surface area contributed by atoms with Crippen molar-refractivity contribution >= 4 is 32.8 Å². The molecule has 0 atom stereocenters. The predicted molar refractivity (Wildman–Crippen MR) is 72.0 cm³/mol. The van der Waals surface area contributed by atoms with Gasteiger partial charge in [-0.25, -0.2) is 13.2 Å². The van der Waals surface area contributed by atoms with Gasteiger partial charge in [-0.15, -0.1) is 11.3 Å². The van der Waals surface area contributed by atoms with Crippen molar-refractivity contribution < 1.29 is 17.9 Å². The maximum Gasteiger partial charge on any atom is 0.350 e. The highest BCUT2D eigenvalue weighted by atomic mass is 32.2. The number of nitrogens with two attached hydrogens (primary N) is 1. The van der Waals surface area contributed by atoms with Crippen LogP contribution in [-0.2, 0) is 14.6 Å². The van der Waals surface area contributed by atoms with Gasteiger partial charge in [0.05, 0.1) is 17.7 Å². The summed E-state index contributed by atoms with van der Waals surface area (Å²) in [6.45, 7) is 0. The molecule has 0 radical (unpaired) electrons. The molecule has 0 spiro atoms. The molecule has 1 aromatic heterocycles. The van der Waals surface area contributed by atoms with Crippen LogP contribution in [0, 0.1) is 0 Å². The zero-order valence-electron chi connectivity index (χ0n) is 9.99. The first kappa shape index (κ1) is 13.6. The van der Waals surface area contributed by atoms with Gasteiger partial charge in [-0.2, -0.15) is 0 Å². The summed E-state index contributed by atoms with van der Waals surface area (Å²) < 4.78 is 29.2. The third kappa shape index (κ3) is 2.47. The number of esters is 1. The Labute approximate surface area is 114 Å². The molecule has 0 aliphatic carbocycles. The van der Waals surface area contributed by atoms with Crippen LogP contribution in [-0.4, -0.2) is 21.5 Å². The molecule has 5 nitrogen and oxygen atoms in total. The highest BCUT2D eigenvalue weighted by molar-refractivity contribution is 7.93. The standard InChI is InChI=1S/C12H11NO4S2/c1-17-12(14)11-9(13)7-10(18-11)19(15,16)8-5-3-2-4-6-8/h2-7H,13H2,1H3. The maximum absolute atomic E-state index is 12.3. The van der Waals surface area contributed by atoms with Crippen molar-refractivity contribution in [1.29, 1.82) is 0 Å². The summed E-state index contributed by atoms with van der Waals surface area (Å²) in [5, 5.41) is 0. The van der Waals surface area contributed by atoms with Crippen LogP contribution in [0.5, 0.6) is 0 Å². The van der Waals surface area contributed by atoms with Crippen LogP contribution in [0.2, 0.25) is 0 Å². The number of hydrogen-bond donors (Lipinski definition) is 1. The van der Waals surface area contributed by atoms with Gasteiger partial charge < -0.3 is 10.5 Å². The van der Waals surface area contributed by atoms with Gasteiger partial charge >= 0.3 is 5.97 Å². The molecule has 2 N–H and O–H groups in total. The van der Waals surface area contributed by atoms with E-state index >= 15 is 0 Å². The molecular formula is C12H11NO4S2. The van der Waals surface area contributed by atoms with Gasteiger partial charge in [0.1, 0.15) is 9.09 Å². The minimum atomic E-state index is -3.65. The first-order chi connectivity index (χ1) is 8.96. The zero-order chi connectivity index (χ0) is 14.0. The Balaban J connectivity index is 2.52. The van der Waals surface area contributed by atoms with Crippen LogP contribution in [0.25, 0.3) is 0 Å². The number of rotatable bonds is 3. The molecule has 0 saturated heterocycles. The monoisotopic (exact) mass is 297 g/mol. The van der Waals surface area contributed by atoms with E-state index in [2.05, 4.69) is 4.74 Å². The van der Waals surface area contributed by atoms with E-state index in [1.807, 2.05) is 0 Å². The van der Waals surface area contributed by atoms with E-state index in [-0.39, 0.29) is 19.7 Å². The Morgan fingerprint density at radius 2 is 1.89 bits per heavy atom. The lowest BCUT2D eigenvalue weighted by Gasteiger charge is -2.00. The molecule has 0 aliphatic rings. The molecule has 19 heavy (non-hydrogen) atoms. The highest BCUT2D eigenvalue weighted by Gasteiger charge is 2.24. The van der Waals surface area contributed by atoms with Crippen LogP contribution in [0.1, 0.15) is 9.67 Å². The minimum absolute atomic E-state index is 0.0246. The smallest absolute Gasteiger partial charge is 0.350 e. The number of thiophene rings is 1. The molecule has 0 bridgehead atoms. The third-order valence-corrected chi connectivity index (χ3v) is 5.80. The van der Waals surface area contributed by atoms with Gasteiger partial charge in [0.25, 0.3) is 0 Å². The zero-order valence-corrected chi connectivity index (χ0v) is 11.6. The van der Waals surface area contributed by atoms with Crippen molar-refractivity contribution in [3.63, 3.8) is 0 Å². The summed E-state index contributed by atoms with van der Waals surface area (Å²) in [6, 6.07) is 9.24. The normalized spacial score (nSPS) is 11.2. The first-order valence-corrected chi connectivity index (χ1v) is 7.54. The Bertz CT molecular complexity index is 705. The lowest BCUT2D eigenvalue weighted by Crippen LogP contribution is -2.01. The summed E-state index contributed by atoms with van der Waals surface area (Å²) in [4.78, 5) is 11.7. The second kappa shape index (κ2) is 5.02. The van der Waals surface area contributed by atoms with E-state index in [1.54, 1.807) is 18.2 Å². The molecule has 0 unspecified atom stereocenters. The second-order valence-electron chi connectivity index (χ2n) is 3.66. The van der Waals surface area contributed by atoms with Gasteiger partial charge in [0.2, 0.25) is 9.84 Å². The Kier molecular flexibility index (Phi) is 3.59. The Morgan fingerprint density at radius 3 is 2.47 bits per heavy atom. The molecule has 0 saturated carbocycles. The predicted octanol–water partition coefficient (Wildman–Crippen LogP) is 1.95. The van der Waals surface area contributed by atoms with Crippen molar-refractivity contribution in [2.45, 2.75) is 9.10 Å². The van der Waals surface area contributed by atoms with Crippen LogP contribution in [0.4, 0.5) is 5.69 Å². The fourth-order valence-electron chi connectivity index (χ4n) is 1.48. The number of hydrogen-bond acceptors (Lipinski definition) is 6. The Morgan fingerprint density at radius 1 is 1.26 bits per heavy atom. The molecule has 0 amide bonds. The summed E-state index contributed by atoms with van der Waals surface area (Å²) in [6.07, 6.45) is 0. The summed E-state index contributed by atoms with van der Waals surface area (Å²) >= 11 is 0.806. The Hall–Kier alpha value is -1.86. The maximum atomic E-state index is 12.3. The topological polar surface area (TPSA) is 86.5 Å². The molecule has 2 aromatic rings. The number of carbonyl (C=O) groups excluding carboxylic acids is 1. The van der Waals surface area contributed by atoms with Gasteiger partial charge in [-0.3, -0.25) is 0 Å². The quantitative estimate of drug-likeness (QED) is 0.875. The summed E-state index contributed by atoms with van der Waals surface area (Å²) in [7, 11) is -2.44. The molecule has 0 fully saturated rings. The number of anilines is 1. The number of ether oxygens (including phenoxy) is 1. The molecule has 1 heterocycles. The van der Waals surface area contributed by atoms with E-state index in [0.717, 1.165) is 11.3 Å². The van der Waals surface area contributed by atoms with Crippen molar-refractivity contribution in [2.24, 2.45) is 0 Å². The average molecular weight is 297 g/mol. The lowest BCUT2D eigenvalue weighted by molar-refractivity contribution is 0.0607. The van der Waals surface area contributed by atoms with Crippen LogP contribution < -0.4 is 5.73 Å². The number of sulfone groups is 1. The molecule has 0 aliphatic heterocycles. The molecule has 1 aromatic carbocycles. The molecule has 7 heteroatoms. The number of methoxy groups -OCH3 is 1. The lowest BCUT2D eigenvalue weighted by atomic mass is 10.4. The van der Waals surface area contributed by atoms with E-state index < -0.39 is 15.8 Å². The number of benzene rings is 1. The fraction of sp³-hybridized carbons (Fsp3) is 0.0833. The number of carbonyl (C=O) groups is 1. The largest absolute Gasteiger partial charge is 0.465 e. The van der Waals surface area contributed by atoms with Crippen molar-refractivity contribution in [3.8, 4) is 0 Å². The first-order valence-electron chi connectivity index (χ1n) is 5.24. The summed E-state index contributed by atoms with van der Waals surface area (Å²) in [5.74, 6) is -0.642. The summed E-state index contributed by atoms with van der Waals surface area (Å²) in [5.41, 5.74) is 5.74. The van der Waals surface area contributed by atoms with Crippen LogP contribution in [0.3, 0.4) is 0 Å². The van der Waals surface area contributed by atoms with E-state index in [4.69, 9.17) is 5.73 Å². The van der Waals surface area contributed by atoms with Crippen LogP contribution in [0.15, 0.2) is 45.5 Å². The van der Waals surface area contributed by atoms with E-state index in [9.17, 15) is 13.2 Å². The van der Waals surface area contributed by atoms with Crippen molar-refractivity contribution in [3.05, 3.63) is 41.3 Å². The van der Waals surface area contributed by atoms with Crippen molar-refractivity contribution in [2.75, 3.05) is 12.8 Å². The van der Waals surface area contributed by atoms with Gasteiger partial charge in [0, 0.05) is 0 Å². The van der Waals surface area contributed by atoms with Gasteiger partial charge in [0.15, 0.2) is 0 Å². The third-order valence-electron chi connectivity index (χ3n) is 2.43. The molecular weight excluding hydrogens is 286 g/mol. The van der Waals surface area contributed by atoms with Crippen molar-refractivity contribution in [1.82, 2.24) is 0 Å². The van der Waals surface area contributed by atoms with Crippen LogP contribution >= 0.6 is 11.3 Å². The van der Waals surface area contributed by atoms with E-state index in [0.29, 0.717) is 0 Å².